The average Bonchev–Trinajstić information content (AvgIpc) is 3.24. The van der Waals surface area contributed by atoms with E-state index in [1.54, 1.807) is 6.07 Å². The lowest BCUT2D eigenvalue weighted by molar-refractivity contribution is -0.116. The highest BCUT2D eigenvalue weighted by Gasteiger charge is 2.13. The van der Waals surface area contributed by atoms with Gasteiger partial charge in [0.1, 0.15) is 5.75 Å². The lowest BCUT2D eigenvalue weighted by atomic mass is 10.1. The van der Waals surface area contributed by atoms with Crippen LogP contribution >= 0.6 is 0 Å². The third kappa shape index (κ3) is 4.91. The minimum absolute atomic E-state index is 0.158. The van der Waals surface area contributed by atoms with Crippen molar-refractivity contribution in [3.63, 3.8) is 0 Å². The zero-order valence-corrected chi connectivity index (χ0v) is 16.5. The largest absolute Gasteiger partial charge is 0.455 e. The molecule has 150 valence electrons. The van der Waals surface area contributed by atoms with Crippen molar-refractivity contribution < 1.29 is 14.1 Å². The molecule has 0 saturated heterocycles. The van der Waals surface area contributed by atoms with Crippen LogP contribution in [-0.2, 0) is 11.2 Å². The van der Waals surface area contributed by atoms with Crippen molar-refractivity contribution in [2.24, 2.45) is 0 Å². The fourth-order valence-corrected chi connectivity index (χ4v) is 2.97. The summed E-state index contributed by atoms with van der Waals surface area (Å²) < 4.78 is 11.2. The van der Waals surface area contributed by atoms with Gasteiger partial charge in [0.2, 0.25) is 17.6 Å². The van der Waals surface area contributed by atoms with Crippen LogP contribution in [0.5, 0.6) is 11.5 Å². The molecule has 6 nitrogen and oxygen atoms in total. The zero-order chi connectivity index (χ0) is 20.8. The average molecular weight is 399 g/mol. The monoisotopic (exact) mass is 399 g/mol. The molecule has 1 aromatic heterocycles. The van der Waals surface area contributed by atoms with Crippen LogP contribution in [0.1, 0.15) is 17.9 Å². The lowest BCUT2D eigenvalue weighted by Gasteiger charge is -2.11. The highest BCUT2D eigenvalue weighted by Crippen LogP contribution is 2.29. The molecule has 0 saturated carbocycles. The van der Waals surface area contributed by atoms with Gasteiger partial charge >= 0.3 is 0 Å². The maximum atomic E-state index is 12.5. The maximum absolute atomic E-state index is 12.5. The first kappa shape index (κ1) is 19.4. The third-order valence-electron chi connectivity index (χ3n) is 4.44. The third-order valence-corrected chi connectivity index (χ3v) is 4.44. The highest BCUT2D eigenvalue weighted by molar-refractivity contribution is 5.92. The fraction of sp³-hybridized carbons (Fsp3) is 0.125. The predicted octanol–water partition coefficient (Wildman–Crippen LogP) is 5.41. The first-order valence-electron chi connectivity index (χ1n) is 9.69. The van der Waals surface area contributed by atoms with Gasteiger partial charge in [-0.25, -0.2) is 0 Å². The molecule has 0 unspecified atom stereocenters. The Hall–Kier alpha value is -3.93. The Morgan fingerprint density at radius 1 is 1.00 bits per heavy atom. The van der Waals surface area contributed by atoms with Gasteiger partial charge in [-0.3, -0.25) is 4.79 Å². The van der Waals surface area contributed by atoms with Crippen LogP contribution in [0.3, 0.4) is 0 Å². The van der Waals surface area contributed by atoms with E-state index in [0.717, 1.165) is 11.1 Å². The van der Waals surface area contributed by atoms with Crippen molar-refractivity contribution in [1.82, 2.24) is 10.1 Å². The van der Waals surface area contributed by atoms with Crippen molar-refractivity contribution in [3.8, 4) is 22.9 Å². The van der Waals surface area contributed by atoms with Crippen molar-refractivity contribution in [2.45, 2.75) is 19.8 Å². The quantitative estimate of drug-likeness (QED) is 0.450. The lowest BCUT2D eigenvalue weighted by Crippen LogP contribution is -2.13. The standard InChI is InChI=1S/C24H21N3O3/c1-17-8-7-9-18(16-17)24-26-23(30-27-24)15-14-22(28)25-20-12-5-6-13-21(20)29-19-10-3-2-4-11-19/h2-13,16H,14-15H2,1H3,(H,25,28). The number of nitrogens with zero attached hydrogens (tertiary/aromatic N) is 2. The molecule has 0 radical (unpaired) electrons. The zero-order valence-electron chi connectivity index (χ0n) is 16.5. The number of aromatic nitrogens is 2. The van der Waals surface area contributed by atoms with Crippen molar-refractivity contribution >= 4 is 11.6 Å². The molecule has 0 aliphatic rings. The van der Waals surface area contributed by atoms with E-state index in [-0.39, 0.29) is 12.3 Å². The molecule has 1 amide bonds. The van der Waals surface area contributed by atoms with Crippen LogP contribution in [0.2, 0.25) is 0 Å². The molecule has 0 aliphatic heterocycles. The number of anilines is 1. The molecule has 3 aromatic carbocycles. The molecule has 4 aromatic rings. The topological polar surface area (TPSA) is 77.2 Å². The summed E-state index contributed by atoms with van der Waals surface area (Å²) in [5, 5.41) is 6.91. The van der Waals surface area contributed by atoms with Gasteiger partial charge in [0.15, 0.2) is 5.75 Å². The van der Waals surface area contributed by atoms with Gasteiger partial charge < -0.3 is 14.6 Å². The summed E-state index contributed by atoms with van der Waals surface area (Å²) in [6, 6.07) is 24.6. The van der Waals surface area contributed by atoms with Gasteiger partial charge in [-0.05, 0) is 37.3 Å². The SMILES string of the molecule is Cc1cccc(-c2noc(CCC(=O)Nc3ccccc3Oc3ccccc3)n2)c1. The molecule has 6 heteroatoms. The number of rotatable bonds is 7. The van der Waals surface area contributed by atoms with Crippen LogP contribution < -0.4 is 10.1 Å². The first-order valence-corrected chi connectivity index (χ1v) is 9.69. The number of aryl methyl sites for hydroxylation is 2. The molecule has 0 bridgehead atoms. The van der Waals surface area contributed by atoms with Crippen LogP contribution in [0.4, 0.5) is 5.69 Å². The van der Waals surface area contributed by atoms with E-state index >= 15 is 0 Å². The van der Waals surface area contributed by atoms with Crippen LogP contribution in [0, 0.1) is 6.92 Å². The minimum atomic E-state index is -0.158. The van der Waals surface area contributed by atoms with Gasteiger partial charge in [-0.2, -0.15) is 4.98 Å². The van der Waals surface area contributed by atoms with E-state index in [1.165, 1.54) is 0 Å². The van der Waals surface area contributed by atoms with Crippen molar-refractivity contribution in [2.75, 3.05) is 5.32 Å². The number of carbonyl (C=O) groups excluding carboxylic acids is 1. The van der Waals surface area contributed by atoms with Gasteiger partial charge in [-0.1, -0.05) is 59.3 Å². The van der Waals surface area contributed by atoms with Crippen molar-refractivity contribution in [1.29, 1.82) is 0 Å². The summed E-state index contributed by atoms with van der Waals surface area (Å²) >= 11 is 0. The van der Waals surface area contributed by atoms with E-state index < -0.39 is 0 Å². The summed E-state index contributed by atoms with van der Waals surface area (Å²) in [4.78, 5) is 16.8. The van der Waals surface area contributed by atoms with E-state index in [4.69, 9.17) is 9.26 Å². The Bertz CT molecular complexity index is 1140. The Kier molecular flexibility index (Phi) is 5.85. The Morgan fingerprint density at radius 3 is 2.63 bits per heavy atom. The van der Waals surface area contributed by atoms with E-state index in [9.17, 15) is 4.79 Å². The first-order chi connectivity index (χ1) is 14.7. The van der Waals surface area contributed by atoms with Crippen LogP contribution in [0.25, 0.3) is 11.4 Å². The summed E-state index contributed by atoms with van der Waals surface area (Å²) in [6.45, 7) is 2.01. The molecular formula is C24H21N3O3. The van der Waals surface area contributed by atoms with Crippen LogP contribution in [0.15, 0.2) is 83.4 Å². The second-order valence-corrected chi connectivity index (χ2v) is 6.84. The molecule has 30 heavy (non-hydrogen) atoms. The molecule has 0 fully saturated rings. The van der Waals surface area contributed by atoms with E-state index in [2.05, 4.69) is 15.5 Å². The minimum Gasteiger partial charge on any atom is -0.455 e. The molecule has 0 spiro atoms. The number of amides is 1. The van der Waals surface area contributed by atoms with Gasteiger partial charge in [0, 0.05) is 18.4 Å². The normalized spacial score (nSPS) is 10.6. The summed E-state index contributed by atoms with van der Waals surface area (Å²) in [6.07, 6.45) is 0.571. The van der Waals surface area contributed by atoms with E-state index in [1.807, 2.05) is 79.7 Å². The van der Waals surface area contributed by atoms with Gasteiger partial charge in [-0.15, -0.1) is 0 Å². The Labute approximate surface area is 174 Å². The number of ether oxygens (including phenoxy) is 1. The number of carbonyl (C=O) groups is 1. The molecule has 1 N–H and O–H groups in total. The maximum Gasteiger partial charge on any atom is 0.227 e. The number of hydrogen-bond donors (Lipinski definition) is 1. The summed E-state index contributed by atoms with van der Waals surface area (Å²) in [7, 11) is 0. The smallest absolute Gasteiger partial charge is 0.227 e. The van der Waals surface area contributed by atoms with Crippen LogP contribution in [-0.4, -0.2) is 16.0 Å². The molecular weight excluding hydrogens is 378 g/mol. The number of hydrogen-bond acceptors (Lipinski definition) is 5. The summed E-state index contributed by atoms with van der Waals surface area (Å²) in [5.41, 5.74) is 2.62. The van der Waals surface area contributed by atoms with Gasteiger partial charge in [0.25, 0.3) is 0 Å². The molecule has 0 aliphatic carbocycles. The van der Waals surface area contributed by atoms with Gasteiger partial charge in [0.05, 0.1) is 5.69 Å². The second-order valence-electron chi connectivity index (χ2n) is 6.84. The number of nitrogens with one attached hydrogen (secondary N) is 1. The predicted molar refractivity (Wildman–Crippen MR) is 114 cm³/mol. The molecule has 0 atom stereocenters. The fourth-order valence-electron chi connectivity index (χ4n) is 2.97. The summed E-state index contributed by atoms with van der Waals surface area (Å²) in [5.74, 6) is 2.07. The van der Waals surface area contributed by atoms with Crippen molar-refractivity contribution in [3.05, 3.63) is 90.3 Å². The Balaban J connectivity index is 1.37. The Morgan fingerprint density at radius 2 is 1.80 bits per heavy atom. The van der Waals surface area contributed by atoms with E-state index in [0.29, 0.717) is 35.3 Å². The molecule has 1 heterocycles. The number of para-hydroxylation sites is 3. The molecule has 4 rings (SSSR count). The highest BCUT2D eigenvalue weighted by atomic mass is 16.5. The number of benzene rings is 3. The second kappa shape index (κ2) is 9.05.